The summed E-state index contributed by atoms with van der Waals surface area (Å²) in [4.78, 5) is 25.0. The number of hydrogen-bond donors (Lipinski definition) is 2. The van der Waals surface area contributed by atoms with Crippen LogP contribution in [0.3, 0.4) is 0 Å². The number of rotatable bonds is 2. The Morgan fingerprint density at radius 1 is 1.21 bits per heavy atom. The summed E-state index contributed by atoms with van der Waals surface area (Å²) in [6, 6.07) is 2.59. The fraction of sp³-hybridized carbons (Fsp3) is 0.167. The second-order valence-corrected chi connectivity index (χ2v) is 4.14. The third kappa shape index (κ3) is 1.71. The molecule has 1 aliphatic rings. The fourth-order valence-corrected chi connectivity index (χ4v) is 2.15. The third-order valence-corrected chi connectivity index (χ3v) is 3.01. The van der Waals surface area contributed by atoms with Crippen LogP contribution in [0.5, 0.6) is 0 Å². The van der Waals surface area contributed by atoms with Gasteiger partial charge in [0.15, 0.2) is 6.23 Å². The van der Waals surface area contributed by atoms with E-state index in [4.69, 9.17) is 5.73 Å². The van der Waals surface area contributed by atoms with E-state index in [-0.39, 0.29) is 0 Å². The SMILES string of the molecule is Nc1ccc(N2C(O)c3nccnc3C2C=O)nc1. The molecule has 2 aromatic rings. The summed E-state index contributed by atoms with van der Waals surface area (Å²) in [7, 11) is 0. The Bertz CT molecular complexity index is 616. The van der Waals surface area contributed by atoms with Crippen LogP contribution in [0.15, 0.2) is 30.7 Å². The number of carbonyl (C=O) groups excluding carboxylic acids is 1. The molecule has 0 aromatic carbocycles. The Balaban J connectivity index is 2.08. The Hall–Kier alpha value is -2.54. The van der Waals surface area contributed by atoms with Crippen molar-refractivity contribution < 1.29 is 9.90 Å². The standard InChI is InChI=1S/C12H11N5O2/c13-7-1-2-9(16-5-7)17-8(6-18)10-11(12(17)19)15-4-3-14-10/h1-6,8,12,19H,13H2. The quantitative estimate of drug-likeness (QED) is 0.740. The number of aldehydes is 1. The van der Waals surface area contributed by atoms with Gasteiger partial charge >= 0.3 is 0 Å². The van der Waals surface area contributed by atoms with Crippen molar-refractivity contribution in [1.82, 2.24) is 15.0 Å². The van der Waals surface area contributed by atoms with Gasteiger partial charge in [-0.25, -0.2) is 4.98 Å². The summed E-state index contributed by atoms with van der Waals surface area (Å²) in [5.41, 5.74) is 6.90. The molecular formula is C12H11N5O2. The summed E-state index contributed by atoms with van der Waals surface area (Å²) in [5.74, 6) is 0.443. The zero-order valence-corrected chi connectivity index (χ0v) is 9.84. The highest BCUT2D eigenvalue weighted by molar-refractivity contribution is 5.71. The Labute approximate surface area is 108 Å². The molecule has 0 amide bonds. The Morgan fingerprint density at radius 3 is 2.58 bits per heavy atom. The van der Waals surface area contributed by atoms with Crippen molar-refractivity contribution in [3.63, 3.8) is 0 Å². The minimum absolute atomic E-state index is 0.373. The predicted molar refractivity (Wildman–Crippen MR) is 66.9 cm³/mol. The van der Waals surface area contributed by atoms with Gasteiger partial charge in [0.2, 0.25) is 0 Å². The number of pyridine rings is 1. The number of carbonyl (C=O) groups is 1. The second kappa shape index (κ2) is 4.29. The van der Waals surface area contributed by atoms with Crippen molar-refractivity contribution in [2.45, 2.75) is 12.3 Å². The third-order valence-electron chi connectivity index (χ3n) is 3.01. The molecular weight excluding hydrogens is 246 g/mol. The number of hydrogen-bond acceptors (Lipinski definition) is 7. The van der Waals surface area contributed by atoms with E-state index in [0.717, 1.165) is 0 Å². The molecule has 0 aliphatic carbocycles. The molecule has 3 rings (SSSR count). The van der Waals surface area contributed by atoms with Gasteiger partial charge in [-0.1, -0.05) is 0 Å². The van der Waals surface area contributed by atoms with Crippen LogP contribution >= 0.6 is 0 Å². The first kappa shape index (κ1) is 11.5. The van der Waals surface area contributed by atoms with Gasteiger partial charge in [0.25, 0.3) is 0 Å². The van der Waals surface area contributed by atoms with E-state index in [0.29, 0.717) is 29.2 Å². The Morgan fingerprint density at radius 2 is 1.95 bits per heavy atom. The number of aromatic nitrogens is 3. The smallest absolute Gasteiger partial charge is 0.174 e. The molecule has 96 valence electrons. The Kier molecular flexibility index (Phi) is 2.60. The highest BCUT2D eigenvalue weighted by Gasteiger charge is 2.40. The van der Waals surface area contributed by atoms with Gasteiger partial charge in [0, 0.05) is 12.4 Å². The zero-order chi connectivity index (χ0) is 13.4. The van der Waals surface area contributed by atoms with Crippen LogP contribution in [0.1, 0.15) is 23.7 Å². The van der Waals surface area contributed by atoms with Crippen LogP contribution in [0.4, 0.5) is 11.5 Å². The number of aliphatic hydroxyl groups is 1. The molecule has 0 radical (unpaired) electrons. The van der Waals surface area contributed by atoms with E-state index >= 15 is 0 Å². The van der Waals surface area contributed by atoms with Crippen LogP contribution in [0, 0.1) is 0 Å². The number of aliphatic hydroxyl groups excluding tert-OH is 1. The lowest BCUT2D eigenvalue weighted by atomic mass is 10.2. The van der Waals surface area contributed by atoms with Crippen LogP contribution in [-0.4, -0.2) is 26.3 Å². The number of fused-ring (bicyclic) bond motifs is 1. The summed E-state index contributed by atoms with van der Waals surface area (Å²) >= 11 is 0. The maximum absolute atomic E-state index is 11.3. The molecule has 2 unspecified atom stereocenters. The average molecular weight is 257 g/mol. The van der Waals surface area contributed by atoms with Crippen molar-refractivity contribution in [3.05, 3.63) is 42.1 Å². The van der Waals surface area contributed by atoms with Crippen molar-refractivity contribution in [2.75, 3.05) is 10.6 Å². The molecule has 7 nitrogen and oxygen atoms in total. The minimum Gasteiger partial charge on any atom is -0.397 e. The molecule has 3 N–H and O–H groups in total. The molecule has 1 aliphatic heterocycles. The molecule has 3 heterocycles. The predicted octanol–water partition coefficient (Wildman–Crippen LogP) is 0.205. The normalized spacial score (nSPS) is 21.2. The number of nitrogen functional groups attached to an aromatic ring is 1. The lowest BCUT2D eigenvalue weighted by Crippen LogP contribution is -2.27. The van der Waals surface area contributed by atoms with E-state index < -0.39 is 12.3 Å². The van der Waals surface area contributed by atoms with Gasteiger partial charge in [-0.3, -0.25) is 9.97 Å². The van der Waals surface area contributed by atoms with Crippen LogP contribution in [0.2, 0.25) is 0 Å². The average Bonchev–Trinajstić information content (AvgIpc) is 2.73. The van der Waals surface area contributed by atoms with Crippen molar-refractivity contribution in [1.29, 1.82) is 0 Å². The summed E-state index contributed by atoms with van der Waals surface area (Å²) in [6.07, 6.45) is 4.09. The van der Waals surface area contributed by atoms with E-state index in [1.165, 1.54) is 23.5 Å². The molecule has 0 fully saturated rings. The van der Waals surface area contributed by atoms with Gasteiger partial charge in [0.1, 0.15) is 23.8 Å². The first-order valence-corrected chi connectivity index (χ1v) is 5.66. The monoisotopic (exact) mass is 257 g/mol. The molecule has 2 aromatic heterocycles. The highest BCUT2D eigenvalue weighted by Crippen LogP contribution is 2.39. The molecule has 0 saturated heterocycles. The number of nitrogens with two attached hydrogens (primary N) is 1. The topological polar surface area (TPSA) is 105 Å². The lowest BCUT2D eigenvalue weighted by molar-refractivity contribution is -0.109. The van der Waals surface area contributed by atoms with Gasteiger partial charge in [0.05, 0.1) is 17.6 Å². The summed E-state index contributed by atoms with van der Waals surface area (Å²) < 4.78 is 0. The van der Waals surface area contributed by atoms with E-state index in [1.807, 2.05) is 0 Å². The summed E-state index contributed by atoms with van der Waals surface area (Å²) in [5, 5.41) is 10.3. The van der Waals surface area contributed by atoms with Gasteiger partial charge in [-0.2, -0.15) is 0 Å². The van der Waals surface area contributed by atoms with Gasteiger partial charge < -0.3 is 20.5 Å². The van der Waals surface area contributed by atoms with Crippen LogP contribution in [0.25, 0.3) is 0 Å². The first-order valence-electron chi connectivity index (χ1n) is 5.66. The number of nitrogens with zero attached hydrogens (tertiary/aromatic N) is 4. The lowest BCUT2D eigenvalue weighted by Gasteiger charge is -2.24. The highest BCUT2D eigenvalue weighted by atomic mass is 16.3. The molecule has 0 bridgehead atoms. The largest absolute Gasteiger partial charge is 0.397 e. The van der Waals surface area contributed by atoms with Crippen molar-refractivity contribution >= 4 is 17.8 Å². The fourth-order valence-electron chi connectivity index (χ4n) is 2.15. The van der Waals surface area contributed by atoms with Crippen LogP contribution in [-0.2, 0) is 4.79 Å². The van der Waals surface area contributed by atoms with Crippen molar-refractivity contribution in [3.8, 4) is 0 Å². The zero-order valence-electron chi connectivity index (χ0n) is 9.84. The summed E-state index contributed by atoms with van der Waals surface area (Å²) in [6.45, 7) is 0. The molecule has 0 saturated carbocycles. The second-order valence-electron chi connectivity index (χ2n) is 4.14. The van der Waals surface area contributed by atoms with Gasteiger partial charge in [-0.15, -0.1) is 0 Å². The van der Waals surface area contributed by atoms with Gasteiger partial charge in [-0.05, 0) is 12.1 Å². The van der Waals surface area contributed by atoms with Crippen LogP contribution < -0.4 is 10.6 Å². The molecule has 2 atom stereocenters. The number of anilines is 2. The van der Waals surface area contributed by atoms with E-state index in [9.17, 15) is 9.90 Å². The van der Waals surface area contributed by atoms with E-state index in [1.54, 1.807) is 12.1 Å². The minimum atomic E-state index is -1.05. The first-order chi connectivity index (χ1) is 9.22. The van der Waals surface area contributed by atoms with E-state index in [2.05, 4.69) is 15.0 Å². The molecule has 0 spiro atoms. The molecule has 19 heavy (non-hydrogen) atoms. The maximum atomic E-state index is 11.3. The molecule has 7 heteroatoms. The van der Waals surface area contributed by atoms with Crippen molar-refractivity contribution in [2.24, 2.45) is 0 Å². The maximum Gasteiger partial charge on any atom is 0.174 e.